The summed E-state index contributed by atoms with van der Waals surface area (Å²) in [6.45, 7) is 3.20. The standard InChI is InChI=1S/C15H18N2/c1-11-3-2-4-13-6-5-12(8-15(11)13)7-14-9-16-10-17-14/h2-4,8,10,14H,5-7,9H2,1H3,(H,16,17). The van der Waals surface area contributed by atoms with Gasteiger partial charge in [-0.25, -0.2) is 0 Å². The van der Waals surface area contributed by atoms with Crippen LogP contribution in [0.5, 0.6) is 0 Å². The molecule has 0 fully saturated rings. The van der Waals surface area contributed by atoms with Crippen molar-refractivity contribution >= 4 is 12.4 Å². The van der Waals surface area contributed by atoms with Gasteiger partial charge in [0.05, 0.1) is 12.4 Å². The van der Waals surface area contributed by atoms with Crippen molar-refractivity contribution in [1.29, 1.82) is 0 Å². The van der Waals surface area contributed by atoms with Crippen molar-refractivity contribution in [2.24, 2.45) is 4.99 Å². The van der Waals surface area contributed by atoms with Gasteiger partial charge in [-0.05, 0) is 42.9 Å². The highest BCUT2D eigenvalue weighted by Crippen LogP contribution is 2.29. The molecule has 1 unspecified atom stereocenters. The van der Waals surface area contributed by atoms with Gasteiger partial charge in [0, 0.05) is 6.54 Å². The van der Waals surface area contributed by atoms with Crippen molar-refractivity contribution < 1.29 is 0 Å². The summed E-state index contributed by atoms with van der Waals surface area (Å²) in [6.07, 6.45) is 7.72. The number of nitrogens with zero attached hydrogens (tertiary/aromatic N) is 1. The molecule has 0 amide bonds. The molecule has 1 heterocycles. The van der Waals surface area contributed by atoms with E-state index in [2.05, 4.69) is 41.5 Å². The molecule has 0 bridgehead atoms. The van der Waals surface area contributed by atoms with Crippen molar-refractivity contribution in [2.75, 3.05) is 6.54 Å². The first kappa shape index (κ1) is 10.6. The normalized spacial score (nSPS) is 21.9. The number of hydrogen-bond acceptors (Lipinski definition) is 2. The molecule has 17 heavy (non-hydrogen) atoms. The second-order valence-electron chi connectivity index (χ2n) is 4.99. The molecule has 3 rings (SSSR count). The molecule has 0 saturated heterocycles. The van der Waals surface area contributed by atoms with E-state index < -0.39 is 0 Å². The summed E-state index contributed by atoms with van der Waals surface area (Å²) in [7, 11) is 0. The van der Waals surface area contributed by atoms with E-state index in [4.69, 9.17) is 0 Å². The highest BCUT2D eigenvalue weighted by atomic mass is 15.0. The topological polar surface area (TPSA) is 24.4 Å². The van der Waals surface area contributed by atoms with E-state index >= 15 is 0 Å². The third kappa shape index (κ3) is 2.12. The number of rotatable bonds is 2. The molecule has 2 aliphatic rings. The smallest absolute Gasteiger partial charge is 0.0828 e. The van der Waals surface area contributed by atoms with Crippen LogP contribution in [0.2, 0.25) is 0 Å². The maximum Gasteiger partial charge on any atom is 0.0828 e. The van der Waals surface area contributed by atoms with Crippen LogP contribution in [0, 0.1) is 6.92 Å². The van der Waals surface area contributed by atoms with Gasteiger partial charge in [-0.1, -0.05) is 29.8 Å². The van der Waals surface area contributed by atoms with Gasteiger partial charge in [-0.3, -0.25) is 4.99 Å². The molecule has 1 aromatic carbocycles. The predicted molar refractivity (Wildman–Crippen MR) is 72.4 cm³/mol. The van der Waals surface area contributed by atoms with E-state index in [1.165, 1.54) is 29.5 Å². The van der Waals surface area contributed by atoms with Crippen LogP contribution in [-0.2, 0) is 6.42 Å². The summed E-state index contributed by atoms with van der Waals surface area (Å²) in [5.41, 5.74) is 5.90. The second-order valence-corrected chi connectivity index (χ2v) is 4.99. The Bertz CT molecular complexity index is 486. The molecule has 2 nitrogen and oxygen atoms in total. The van der Waals surface area contributed by atoms with Crippen LogP contribution >= 0.6 is 0 Å². The molecule has 1 aliphatic heterocycles. The Morgan fingerprint density at radius 2 is 2.29 bits per heavy atom. The molecule has 0 radical (unpaired) electrons. The number of hydrogen-bond donors (Lipinski definition) is 1. The fourth-order valence-electron chi connectivity index (χ4n) is 2.73. The monoisotopic (exact) mass is 226 g/mol. The molecule has 0 aromatic heterocycles. The maximum absolute atomic E-state index is 4.43. The van der Waals surface area contributed by atoms with E-state index in [0.29, 0.717) is 6.04 Å². The fourth-order valence-corrected chi connectivity index (χ4v) is 2.73. The average Bonchev–Trinajstić information content (AvgIpc) is 2.83. The minimum atomic E-state index is 0.451. The molecule has 1 aromatic rings. The highest BCUT2D eigenvalue weighted by molar-refractivity contribution is 5.63. The summed E-state index contributed by atoms with van der Waals surface area (Å²) in [5.74, 6) is 0. The van der Waals surface area contributed by atoms with Gasteiger partial charge >= 0.3 is 0 Å². The zero-order valence-corrected chi connectivity index (χ0v) is 10.2. The third-order valence-corrected chi connectivity index (χ3v) is 3.71. The predicted octanol–water partition coefficient (Wildman–Crippen LogP) is 2.71. The lowest BCUT2D eigenvalue weighted by Crippen LogP contribution is -2.16. The zero-order chi connectivity index (χ0) is 11.7. The van der Waals surface area contributed by atoms with Crippen LogP contribution in [0.4, 0.5) is 0 Å². The first-order valence-corrected chi connectivity index (χ1v) is 6.36. The van der Waals surface area contributed by atoms with Crippen LogP contribution in [0.15, 0.2) is 28.8 Å². The van der Waals surface area contributed by atoms with Crippen LogP contribution < -0.4 is 5.32 Å². The van der Waals surface area contributed by atoms with Crippen LogP contribution in [0.3, 0.4) is 0 Å². The molecule has 2 heteroatoms. The van der Waals surface area contributed by atoms with Crippen molar-refractivity contribution in [3.63, 3.8) is 0 Å². The number of fused-ring (bicyclic) bond motifs is 1. The van der Waals surface area contributed by atoms with Crippen molar-refractivity contribution in [3.8, 4) is 0 Å². The SMILES string of the molecule is Cc1cccc2c1C=C(CC1CNC=N1)CC2. The minimum Gasteiger partial charge on any atom is -0.374 e. The van der Waals surface area contributed by atoms with Gasteiger partial charge in [0.2, 0.25) is 0 Å². The Labute approximate surface area is 102 Å². The average molecular weight is 226 g/mol. The number of aliphatic imine (C=N–C) groups is 1. The summed E-state index contributed by atoms with van der Waals surface area (Å²) in [4.78, 5) is 4.43. The largest absolute Gasteiger partial charge is 0.374 e. The molecule has 1 N–H and O–H groups in total. The zero-order valence-electron chi connectivity index (χ0n) is 10.2. The maximum atomic E-state index is 4.43. The quantitative estimate of drug-likeness (QED) is 0.824. The van der Waals surface area contributed by atoms with E-state index in [0.717, 1.165) is 13.0 Å². The first-order valence-electron chi connectivity index (χ1n) is 6.36. The van der Waals surface area contributed by atoms with Crippen molar-refractivity contribution in [2.45, 2.75) is 32.2 Å². The van der Waals surface area contributed by atoms with E-state index in [1.807, 2.05) is 6.34 Å². The molecular formula is C15H18N2. The highest BCUT2D eigenvalue weighted by Gasteiger charge is 2.16. The van der Waals surface area contributed by atoms with Crippen molar-refractivity contribution in [1.82, 2.24) is 5.32 Å². The van der Waals surface area contributed by atoms with E-state index in [9.17, 15) is 0 Å². The molecule has 1 aliphatic carbocycles. The Kier molecular flexibility index (Phi) is 2.71. The molecule has 0 saturated carbocycles. The Hall–Kier alpha value is -1.57. The van der Waals surface area contributed by atoms with Gasteiger partial charge in [0.25, 0.3) is 0 Å². The lowest BCUT2D eigenvalue weighted by molar-refractivity contribution is 0.668. The van der Waals surface area contributed by atoms with Gasteiger partial charge in [-0.2, -0.15) is 0 Å². The van der Waals surface area contributed by atoms with E-state index in [-0.39, 0.29) is 0 Å². The summed E-state index contributed by atoms with van der Waals surface area (Å²) in [5, 5.41) is 3.17. The molecule has 1 atom stereocenters. The number of nitrogens with one attached hydrogen (secondary N) is 1. The van der Waals surface area contributed by atoms with Crippen LogP contribution in [-0.4, -0.2) is 18.9 Å². The van der Waals surface area contributed by atoms with Crippen LogP contribution in [0.25, 0.3) is 6.08 Å². The number of benzene rings is 1. The summed E-state index contributed by atoms with van der Waals surface area (Å²) < 4.78 is 0. The number of aryl methyl sites for hydroxylation is 2. The minimum absolute atomic E-state index is 0.451. The Balaban J connectivity index is 1.84. The van der Waals surface area contributed by atoms with Gasteiger partial charge < -0.3 is 5.32 Å². The van der Waals surface area contributed by atoms with Crippen LogP contribution in [0.1, 0.15) is 29.5 Å². The molecular weight excluding hydrogens is 208 g/mol. The first-order chi connectivity index (χ1) is 8.33. The van der Waals surface area contributed by atoms with Gasteiger partial charge in [0.1, 0.15) is 0 Å². The molecule has 88 valence electrons. The fraction of sp³-hybridized carbons (Fsp3) is 0.400. The van der Waals surface area contributed by atoms with Crippen molar-refractivity contribution in [3.05, 3.63) is 40.5 Å². The van der Waals surface area contributed by atoms with Gasteiger partial charge in [-0.15, -0.1) is 0 Å². The van der Waals surface area contributed by atoms with E-state index in [1.54, 1.807) is 5.57 Å². The summed E-state index contributed by atoms with van der Waals surface area (Å²) in [6, 6.07) is 7.07. The molecule has 0 spiro atoms. The summed E-state index contributed by atoms with van der Waals surface area (Å²) >= 11 is 0. The second kappa shape index (κ2) is 4.36. The Morgan fingerprint density at radius 3 is 3.12 bits per heavy atom. The lowest BCUT2D eigenvalue weighted by Gasteiger charge is -2.19. The third-order valence-electron chi connectivity index (χ3n) is 3.71. The van der Waals surface area contributed by atoms with Gasteiger partial charge in [0.15, 0.2) is 0 Å². The Morgan fingerprint density at radius 1 is 1.35 bits per heavy atom. The lowest BCUT2D eigenvalue weighted by atomic mass is 9.87.